The molecular formula is C23H30N2O3. The number of carbonyl (C=O) groups excluding carboxylic acids is 2. The molecule has 5 heteroatoms. The van der Waals surface area contributed by atoms with E-state index in [2.05, 4.69) is 24.5 Å². The molecule has 2 aromatic carbocycles. The number of benzene rings is 2. The second-order valence-electron chi connectivity index (χ2n) is 7.97. The summed E-state index contributed by atoms with van der Waals surface area (Å²) in [6.07, 6.45) is 0.996. The molecule has 1 unspecified atom stereocenters. The fourth-order valence-electron chi connectivity index (χ4n) is 2.73. The van der Waals surface area contributed by atoms with Crippen molar-refractivity contribution in [3.8, 4) is 5.75 Å². The first kappa shape index (κ1) is 21.5. The highest BCUT2D eigenvalue weighted by Gasteiger charge is 2.16. The number of para-hydroxylation sites is 1. The van der Waals surface area contributed by atoms with Crippen LogP contribution in [0, 0.1) is 0 Å². The standard InChI is InChI=1S/C23H30N2O3/c1-6-16(2)19-12-7-8-13-20(19)28-15-21(26)24-18-11-9-10-17(14-18)22(27)25-23(3,4)5/h7-14,16H,6,15H2,1-5H3,(H,24,26)(H,25,27). The van der Waals surface area contributed by atoms with Crippen LogP contribution in [0.1, 0.15) is 62.9 Å². The number of anilines is 1. The molecule has 2 aromatic rings. The van der Waals surface area contributed by atoms with E-state index in [1.165, 1.54) is 0 Å². The van der Waals surface area contributed by atoms with Crippen molar-refractivity contribution in [1.82, 2.24) is 5.32 Å². The number of hydrogen-bond donors (Lipinski definition) is 2. The van der Waals surface area contributed by atoms with Crippen LogP contribution in [0.5, 0.6) is 5.75 Å². The number of hydrogen-bond acceptors (Lipinski definition) is 3. The molecule has 0 aliphatic heterocycles. The van der Waals surface area contributed by atoms with E-state index in [1.807, 2.05) is 45.0 Å². The summed E-state index contributed by atoms with van der Waals surface area (Å²) in [5.41, 5.74) is 1.83. The third-order valence-electron chi connectivity index (χ3n) is 4.32. The van der Waals surface area contributed by atoms with E-state index in [-0.39, 0.29) is 24.0 Å². The molecule has 0 aromatic heterocycles. The maximum atomic E-state index is 12.3. The Morgan fingerprint density at radius 1 is 1.07 bits per heavy atom. The average molecular weight is 383 g/mol. The third kappa shape index (κ3) is 6.41. The third-order valence-corrected chi connectivity index (χ3v) is 4.32. The van der Waals surface area contributed by atoms with Crippen molar-refractivity contribution < 1.29 is 14.3 Å². The van der Waals surface area contributed by atoms with Crippen molar-refractivity contribution in [1.29, 1.82) is 0 Å². The van der Waals surface area contributed by atoms with Gasteiger partial charge in [0.25, 0.3) is 11.8 Å². The lowest BCUT2D eigenvalue weighted by atomic mass is 9.98. The fraction of sp³-hybridized carbons (Fsp3) is 0.391. The highest BCUT2D eigenvalue weighted by atomic mass is 16.5. The van der Waals surface area contributed by atoms with Gasteiger partial charge in [0.2, 0.25) is 0 Å². The SMILES string of the molecule is CCC(C)c1ccccc1OCC(=O)Nc1cccc(C(=O)NC(C)(C)C)c1. The van der Waals surface area contributed by atoms with Gasteiger partial charge < -0.3 is 15.4 Å². The summed E-state index contributed by atoms with van der Waals surface area (Å²) in [7, 11) is 0. The summed E-state index contributed by atoms with van der Waals surface area (Å²) in [6, 6.07) is 14.6. The second kappa shape index (κ2) is 9.40. The molecule has 28 heavy (non-hydrogen) atoms. The zero-order valence-electron chi connectivity index (χ0n) is 17.3. The number of nitrogens with one attached hydrogen (secondary N) is 2. The number of rotatable bonds is 7. The van der Waals surface area contributed by atoms with E-state index in [1.54, 1.807) is 24.3 Å². The first-order valence-corrected chi connectivity index (χ1v) is 9.63. The summed E-state index contributed by atoms with van der Waals surface area (Å²) in [4.78, 5) is 24.6. The lowest BCUT2D eigenvalue weighted by Gasteiger charge is -2.20. The van der Waals surface area contributed by atoms with Crippen LogP contribution < -0.4 is 15.4 Å². The number of amides is 2. The lowest BCUT2D eigenvalue weighted by Crippen LogP contribution is -2.40. The van der Waals surface area contributed by atoms with Crippen LogP contribution in [0.2, 0.25) is 0 Å². The van der Waals surface area contributed by atoms with Gasteiger partial charge in [0.05, 0.1) is 0 Å². The Hall–Kier alpha value is -2.82. The van der Waals surface area contributed by atoms with Gasteiger partial charge in [-0.15, -0.1) is 0 Å². The molecule has 0 saturated heterocycles. The summed E-state index contributed by atoms with van der Waals surface area (Å²) in [5, 5.41) is 5.70. The van der Waals surface area contributed by atoms with Crippen molar-refractivity contribution in [3.05, 3.63) is 59.7 Å². The van der Waals surface area contributed by atoms with E-state index < -0.39 is 0 Å². The fourth-order valence-corrected chi connectivity index (χ4v) is 2.73. The van der Waals surface area contributed by atoms with Crippen LogP contribution >= 0.6 is 0 Å². The van der Waals surface area contributed by atoms with E-state index >= 15 is 0 Å². The highest BCUT2D eigenvalue weighted by molar-refractivity contribution is 5.97. The molecule has 0 fully saturated rings. The monoisotopic (exact) mass is 382 g/mol. The van der Waals surface area contributed by atoms with E-state index in [9.17, 15) is 9.59 Å². The van der Waals surface area contributed by atoms with Crippen molar-refractivity contribution in [2.45, 2.75) is 52.5 Å². The van der Waals surface area contributed by atoms with E-state index in [4.69, 9.17) is 4.74 Å². The van der Waals surface area contributed by atoms with Crippen molar-refractivity contribution >= 4 is 17.5 Å². The first-order valence-electron chi connectivity index (χ1n) is 9.63. The van der Waals surface area contributed by atoms with Gasteiger partial charge in [-0.3, -0.25) is 9.59 Å². The van der Waals surface area contributed by atoms with Crippen LogP contribution in [0.4, 0.5) is 5.69 Å². The Bertz CT molecular complexity index is 825. The quantitative estimate of drug-likeness (QED) is 0.726. The smallest absolute Gasteiger partial charge is 0.262 e. The molecular weight excluding hydrogens is 352 g/mol. The van der Waals surface area contributed by atoms with Crippen molar-refractivity contribution in [2.24, 2.45) is 0 Å². The second-order valence-corrected chi connectivity index (χ2v) is 7.97. The molecule has 0 aliphatic rings. The van der Waals surface area contributed by atoms with Gasteiger partial charge >= 0.3 is 0 Å². The average Bonchev–Trinajstić information content (AvgIpc) is 2.65. The molecule has 0 aliphatic carbocycles. The predicted molar refractivity (Wildman–Crippen MR) is 113 cm³/mol. The van der Waals surface area contributed by atoms with E-state index in [0.29, 0.717) is 17.2 Å². The zero-order valence-corrected chi connectivity index (χ0v) is 17.3. The molecule has 150 valence electrons. The topological polar surface area (TPSA) is 67.4 Å². The van der Waals surface area contributed by atoms with Gasteiger partial charge in [-0.05, 0) is 62.9 Å². The molecule has 0 heterocycles. The summed E-state index contributed by atoms with van der Waals surface area (Å²) in [6.45, 7) is 9.93. The van der Waals surface area contributed by atoms with Crippen molar-refractivity contribution in [2.75, 3.05) is 11.9 Å². The largest absolute Gasteiger partial charge is 0.483 e. The van der Waals surface area contributed by atoms with Crippen LogP contribution in [-0.2, 0) is 4.79 Å². The Morgan fingerprint density at radius 3 is 2.46 bits per heavy atom. The molecule has 2 rings (SSSR count). The van der Waals surface area contributed by atoms with Crippen LogP contribution in [0.15, 0.2) is 48.5 Å². The molecule has 2 N–H and O–H groups in total. The minimum atomic E-state index is -0.326. The number of ether oxygens (including phenoxy) is 1. The van der Waals surface area contributed by atoms with E-state index in [0.717, 1.165) is 17.7 Å². The zero-order chi connectivity index (χ0) is 20.7. The Morgan fingerprint density at radius 2 is 1.79 bits per heavy atom. The molecule has 0 saturated carbocycles. The van der Waals surface area contributed by atoms with Gasteiger partial charge in [-0.2, -0.15) is 0 Å². The van der Waals surface area contributed by atoms with Gasteiger partial charge in [0.15, 0.2) is 6.61 Å². The van der Waals surface area contributed by atoms with Gasteiger partial charge in [-0.1, -0.05) is 38.1 Å². The number of carbonyl (C=O) groups is 2. The maximum absolute atomic E-state index is 12.3. The normalized spacial score (nSPS) is 12.2. The molecule has 2 amide bonds. The van der Waals surface area contributed by atoms with Gasteiger partial charge in [0.1, 0.15) is 5.75 Å². The minimum Gasteiger partial charge on any atom is -0.483 e. The molecule has 5 nitrogen and oxygen atoms in total. The van der Waals surface area contributed by atoms with Crippen LogP contribution in [0.25, 0.3) is 0 Å². The maximum Gasteiger partial charge on any atom is 0.262 e. The Kier molecular flexibility index (Phi) is 7.21. The molecule has 0 spiro atoms. The highest BCUT2D eigenvalue weighted by Crippen LogP contribution is 2.28. The Balaban J connectivity index is 1.99. The predicted octanol–water partition coefficient (Wildman–Crippen LogP) is 4.75. The summed E-state index contributed by atoms with van der Waals surface area (Å²) < 4.78 is 5.75. The Labute approximate surface area is 167 Å². The van der Waals surface area contributed by atoms with Gasteiger partial charge in [-0.25, -0.2) is 0 Å². The first-order chi connectivity index (χ1) is 13.2. The lowest BCUT2D eigenvalue weighted by molar-refractivity contribution is -0.118. The minimum absolute atomic E-state index is 0.0914. The van der Waals surface area contributed by atoms with Crippen molar-refractivity contribution in [3.63, 3.8) is 0 Å². The van der Waals surface area contributed by atoms with Crippen LogP contribution in [0.3, 0.4) is 0 Å². The van der Waals surface area contributed by atoms with Gasteiger partial charge in [0, 0.05) is 16.8 Å². The molecule has 1 atom stereocenters. The summed E-state index contributed by atoms with van der Waals surface area (Å²) >= 11 is 0. The van der Waals surface area contributed by atoms with Crippen LogP contribution in [-0.4, -0.2) is 24.0 Å². The molecule has 0 bridgehead atoms. The summed E-state index contributed by atoms with van der Waals surface area (Å²) in [5.74, 6) is 0.636. The molecule has 0 radical (unpaired) electrons.